The first-order valence-corrected chi connectivity index (χ1v) is 4.73. The minimum atomic E-state index is -2.80. The Morgan fingerprint density at radius 1 is 1.29 bits per heavy atom. The van der Waals surface area contributed by atoms with Crippen molar-refractivity contribution in [2.24, 2.45) is 0 Å². The van der Waals surface area contributed by atoms with Gasteiger partial charge in [-0.25, -0.2) is 13.6 Å². The molecule has 0 aliphatic carbocycles. The molecule has 94 valence electrons. The normalized spacial score (nSPS) is 12.4. The highest BCUT2D eigenvalue weighted by molar-refractivity contribution is 5.76. The summed E-state index contributed by atoms with van der Waals surface area (Å²) in [6.45, 7) is 0. The Morgan fingerprint density at radius 2 is 1.94 bits per heavy atom. The van der Waals surface area contributed by atoms with E-state index in [2.05, 4.69) is 4.74 Å². The largest absolute Gasteiger partial charge is 0.497 e. The molecule has 0 aliphatic rings. The van der Waals surface area contributed by atoms with Crippen LogP contribution in [0.3, 0.4) is 0 Å². The second kappa shape index (κ2) is 5.58. The Morgan fingerprint density at radius 3 is 2.41 bits per heavy atom. The molecule has 0 spiro atoms. The van der Waals surface area contributed by atoms with Gasteiger partial charge in [-0.15, -0.1) is 0 Å². The van der Waals surface area contributed by atoms with Gasteiger partial charge in [0, 0.05) is 11.1 Å². The van der Waals surface area contributed by atoms with Crippen LogP contribution < -0.4 is 4.74 Å². The van der Waals surface area contributed by atoms with Crippen molar-refractivity contribution in [3.05, 3.63) is 29.3 Å². The number of benzene rings is 1. The number of aliphatic hydroxyl groups excluding tert-OH is 1. The lowest BCUT2D eigenvalue weighted by Gasteiger charge is -2.14. The summed E-state index contributed by atoms with van der Waals surface area (Å²) in [7, 11) is 2.42. The summed E-state index contributed by atoms with van der Waals surface area (Å²) in [5.74, 6) is -0.729. The van der Waals surface area contributed by atoms with Crippen LogP contribution in [0.1, 0.15) is 23.7 Å². The van der Waals surface area contributed by atoms with Crippen molar-refractivity contribution in [3.8, 4) is 5.75 Å². The van der Waals surface area contributed by atoms with E-state index >= 15 is 0 Å². The Hall–Kier alpha value is -1.69. The average Bonchev–Trinajstić information content (AvgIpc) is 2.35. The number of rotatable bonds is 4. The van der Waals surface area contributed by atoms with E-state index in [4.69, 9.17) is 4.74 Å². The van der Waals surface area contributed by atoms with E-state index in [9.17, 15) is 18.7 Å². The van der Waals surface area contributed by atoms with Crippen molar-refractivity contribution in [1.29, 1.82) is 0 Å². The number of methoxy groups -OCH3 is 2. The first-order valence-electron chi connectivity index (χ1n) is 4.73. The Bertz CT molecular complexity index is 406. The minimum Gasteiger partial charge on any atom is -0.497 e. The highest BCUT2D eigenvalue weighted by Crippen LogP contribution is 2.31. The van der Waals surface area contributed by atoms with E-state index in [0.717, 1.165) is 13.2 Å². The monoisotopic (exact) mass is 246 g/mol. The second-order valence-corrected chi connectivity index (χ2v) is 3.22. The maximum Gasteiger partial charge on any atom is 0.339 e. The number of hydrogen-bond acceptors (Lipinski definition) is 4. The second-order valence-electron chi connectivity index (χ2n) is 3.22. The lowest BCUT2D eigenvalue weighted by Crippen LogP contribution is -2.15. The molecular weight excluding hydrogens is 234 g/mol. The number of ether oxygens (including phenoxy) is 2. The summed E-state index contributed by atoms with van der Waals surface area (Å²) in [5.41, 5.74) is -0.644. The Balaban J connectivity index is 3.21. The molecule has 0 saturated carbocycles. The van der Waals surface area contributed by atoms with Gasteiger partial charge >= 0.3 is 5.97 Å². The van der Waals surface area contributed by atoms with Crippen molar-refractivity contribution >= 4 is 5.97 Å². The molecule has 1 N–H and O–H groups in total. The van der Waals surface area contributed by atoms with E-state index < -0.39 is 24.1 Å². The third kappa shape index (κ3) is 2.91. The first-order chi connectivity index (χ1) is 8.01. The molecule has 0 fully saturated rings. The standard InChI is InChI=1S/C11H12F2O4/c1-16-6-3-4-7(10(12)13)8(5-6)9(14)11(15)17-2/h3-5,9-10,14H,1-2H3. The maximum atomic E-state index is 12.7. The molecule has 0 aromatic heterocycles. The van der Waals surface area contributed by atoms with E-state index in [1.807, 2.05) is 0 Å². The van der Waals surface area contributed by atoms with Gasteiger partial charge in [-0.2, -0.15) is 0 Å². The molecule has 0 heterocycles. The molecule has 0 bridgehead atoms. The minimum absolute atomic E-state index is 0.216. The molecule has 4 nitrogen and oxygen atoms in total. The van der Waals surface area contributed by atoms with E-state index in [1.54, 1.807) is 0 Å². The van der Waals surface area contributed by atoms with Crippen molar-refractivity contribution < 1.29 is 28.2 Å². The fourth-order valence-corrected chi connectivity index (χ4v) is 1.35. The number of hydrogen-bond donors (Lipinski definition) is 1. The van der Waals surface area contributed by atoms with Crippen LogP contribution in [0.5, 0.6) is 5.75 Å². The fourth-order valence-electron chi connectivity index (χ4n) is 1.35. The van der Waals surface area contributed by atoms with Crippen LogP contribution in [0.15, 0.2) is 18.2 Å². The van der Waals surface area contributed by atoms with Gasteiger partial charge in [0.25, 0.3) is 6.43 Å². The van der Waals surface area contributed by atoms with Gasteiger partial charge in [-0.1, -0.05) is 0 Å². The van der Waals surface area contributed by atoms with Gasteiger partial charge in [-0.3, -0.25) is 0 Å². The topological polar surface area (TPSA) is 55.8 Å². The smallest absolute Gasteiger partial charge is 0.339 e. The quantitative estimate of drug-likeness (QED) is 0.823. The molecule has 1 aromatic rings. The van der Waals surface area contributed by atoms with Gasteiger partial charge in [0.15, 0.2) is 6.10 Å². The molecule has 0 saturated heterocycles. The van der Waals surface area contributed by atoms with Crippen LogP contribution in [0.4, 0.5) is 8.78 Å². The highest BCUT2D eigenvalue weighted by atomic mass is 19.3. The zero-order valence-electron chi connectivity index (χ0n) is 9.31. The number of halogens is 2. The molecule has 0 radical (unpaired) electrons. The first kappa shape index (κ1) is 13.4. The van der Waals surface area contributed by atoms with Crippen molar-refractivity contribution in [1.82, 2.24) is 0 Å². The van der Waals surface area contributed by atoms with E-state index in [-0.39, 0.29) is 11.3 Å². The third-order valence-electron chi connectivity index (χ3n) is 2.25. The van der Waals surface area contributed by atoms with Gasteiger partial charge in [0.1, 0.15) is 5.75 Å². The van der Waals surface area contributed by atoms with Crippen LogP contribution in [0.2, 0.25) is 0 Å². The maximum absolute atomic E-state index is 12.7. The Kier molecular flexibility index (Phi) is 4.39. The highest BCUT2D eigenvalue weighted by Gasteiger charge is 2.25. The number of carbonyl (C=O) groups is 1. The summed E-state index contributed by atoms with van der Waals surface area (Å²) >= 11 is 0. The zero-order valence-corrected chi connectivity index (χ0v) is 9.31. The van der Waals surface area contributed by atoms with Gasteiger partial charge in [-0.05, 0) is 18.2 Å². The van der Waals surface area contributed by atoms with Crippen LogP contribution in [0, 0.1) is 0 Å². The summed E-state index contributed by atoms with van der Waals surface area (Å²) in [6.07, 6.45) is -4.55. The fraction of sp³-hybridized carbons (Fsp3) is 0.364. The molecule has 17 heavy (non-hydrogen) atoms. The molecule has 6 heteroatoms. The lowest BCUT2D eigenvalue weighted by molar-refractivity contribution is -0.150. The van der Waals surface area contributed by atoms with Crippen LogP contribution in [0.25, 0.3) is 0 Å². The average molecular weight is 246 g/mol. The molecule has 1 aromatic carbocycles. The van der Waals surface area contributed by atoms with E-state index in [0.29, 0.717) is 0 Å². The molecule has 1 atom stereocenters. The van der Waals surface area contributed by atoms with Crippen molar-refractivity contribution in [3.63, 3.8) is 0 Å². The molecule has 1 unspecified atom stereocenters. The summed E-state index contributed by atoms with van der Waals surface area (Å²) in [4.78, 5) is 11.1. The SMILES string of the molecule is COC(=O)C(O)c1cc(OC)ccc1C(F)F. The van der Waals surface area contributed by atoms with Crippen molar-refractivity contribution in [2.45, 2.75) is 12.5 Å². The van der Waals surface area contributed by atoms with Crippen LogP contribution in [-0.2, 0) is 9.53 Å². The van der Waals surface area contributed by atoms with Gasteiger partial charge < -0.3 is 14.6 Å². The van der Waals surface area contributed by atoms with E-state index in [1.165, 1.54) is 19.2 Å². The van der Waals surface area contributed by atoms with Crippen LogP contribution in [-0.4, -0.2) is 25.3 Å². The number of carbonyl (C=O) groups excluding carboxylic acids is 1. The van der Waals surface area contributed by atoms with Gasteiger partial charge in [0.2, 0.25) is 0 Å². The predicted molar refractivity (Wildman–Crippen MR) is 54.9 cm³/mol. The summed E-state index contributed by atoms with van der Waals surface area (Å²) in [6, 6.07) is 3.61. The summed E-state index contributed by atoms with van der Waals surface area (Å²) in [5, 5.41) is 9.58. The lowest BCUT2D eigenvalue weighted by atomic mass is 10.0. The molecule has 0 aliphatic heterocycles. The molecule has 0 amide bonds. The zero-order chi connectivity index (χ0) is 13.0. The van der Waals surface area contributed by atoms with Gasteiger partial charge in [0.05, 0.1) is 14.2 Å². The molecular formula is C11H12F2O4. The molecule has 1 rings (SSSR count). The predicted octanol–water partition coefficient (Wildman–Crippen LogP) is 1.84. The number of aliphatic hydroxyl groups is 1. The number of alkyl halides is 2. The summed E-state index contributed by atoms with van der Waals surface area (Å²) < 4.78 is 34.5. The Labute approximate surface area is 96.8 Å². The third-order valence-corrected chi connectivity index (χ3v) is 2.25. The number of esters is 1. The van der Waals surface area contributed by atoms with Crippen LogP contribution >= 0.6 is 0 Å². The van der Waals surface area contributed by atoms with Crippen molar-refractivity contribution in [2.75, 3.05) is 14.2 Å².